The highest BCUT2D eigenvalue weighted by atomic mass is 32.2. The Labute approximate surface area is 163 Å². The number of aryl methyl sites for hydroxylation is 1. The highest BCUT2D eigenvalue weighted by Crippen LogP contribution is 2.25. The molecule has 0 saturated heterocycles. The molecule has 0 fully saturated rings. The van der Waals surface area contributed by atoms with Gasteiger partial charge in [-0.25, -0.2) is 27.8 Å². The summed E-state index contributed by atoms with van der Waals surface area (Å²) in [5.41, 5.74) is -0.334. The minimum Gasteiger partial charge on any atom is -0.458 e. The van der Waals surface area contributed by atoms with Crippen molar-refractivity contribution in [3.8, 4) is 0 Å². The van der Waals surface area contributed by atoms with Crippen LogP contribution in [0.5, 0.6) is 0 Å². The van der Waals surface area contributed by atoms with Crippen molar-refractivity contribution in [3.63, 3.8) is 0 Å². The fraction of sp³-hybridized carbons (Fsp3) is 0.500. The second-order valence-corrected chi connectivity index (χ2v) is 9.42. The smallest absolute Gasteiger partial charge is 0.347 e. The van der Waals surface area contributed by atoms with E-state index in [2.05, 4.69) is 5.10 Å². The topological polar surface area (TPSA) is 126 Å². The van der Waals surface area contributed by atoms with Crippen molar-refractivity contribution in [1.29, 1.82) is 0 Å². The first-order valence-corrected chi connectivity index (χ1v) is 10.5. The van der Waals surface area contributed by atoms with E-state index < -0.39 is 27.6 Å². The Hall–Kier alpha value is -2.46. The Balaban J connectivity index is 1.88. The van der Waals surface area contributed by atoms with Crippen molar-refractivity contribution < 1.29 is 17.9 Å². The molecular weight excluding hydrogens is 384 g/mol. The minimum atomic E-state index is -3.77. The molecule has 0 aliphatic carbocycles. The predicted molar refractivity (Wildman–Crippen MR) is 101 cm³/mol. The number of benzene rings is 1. The van der Waals surface area contributed by atoms with E-state index in [-0.39, 0.29) is 17.1 Å². The summed E-state index contributed by atoms with van der Waals surface area (Å²) >= 11 is 0. The van der Waals surface area contributed by atoms with Crippen LogP contribution in [-0.4, -0.2) is 34.3 Å². The molecule has 0 saturated carbocycles. The van der Waals surface area contributed by atoms with E-state index in [9.17, 15) is 18.0 Å². The van der Waals surface area contributed by atoms with Crippen LogP contribution in [0.25, 0.3) is 0 Å². The average molecular weight is 408 g/mol. The van der Waals surface area contributed by atoms with Crippen molar-refractivity contribution in [2.75, 3.05) is 0 Å². The van der Waals surface area contributed by atoms with Crippen molar-refractivity contribution >= 4 is 16.0 Å². The summed E-state index contributed by atoms with van der Waals surface area (Å²) in [6.45, 7) is 5.51. The normalized spacial score (nSPS) is 17.2. The molecule has 152 valence electrons. The van der Waals surface area contributed by atoms with Crippen LogP contribution in [0.3, 0.4) is 0 Å². The maximum Gasteiger partial charge on any atom is 0.347 e. The van der Waals surface area contributed by atoms with Gasteiger partial charge in [-0.3, -0.25) is 4.57 Å². The van der Waals surface area contributed by atoms with Crippen molar-refractivity contribution in [2.45, 2.75) is 63.1 Å². The molecule has 1 unspecified atom stereocenters. The van der Waals surface area contributed by atoms with Gasteiger partial charge in [-0.2, -0.15) is 5.10 Å². The molecular formula is C18H24N4O5S. The zero-order chi connectivity index (χ0) is 20.7. The molecule has 0 amide bonds. The molecule has 9 nitrogen and oxygen atoms in total. The van der Waals surface area contributed by atoms with Gasteiger partial charge in [0, 0.05) is 6.42 Å². The Morgan fingerprint density at radius 3 is 2.50 bits per heavy atom. The Morgan fingerprint density at radius 2 is 1.93 bits per heavy atom. The van der Waals surface area contributed by atoms with Crippen LogP contribution in [0.15, 0.2) is 34.0 Å². The molecule has 1 aromatic heterocycles. The maximum absolute atomic E-state index is 12.9. The standard InChI is InChI=1S/C18H24N4O5S/c1-18(2,3)27-16(23)14-5-4-6-15-20-21(17(24)22(14)15)11-12-7-9-13(10-8-12)28(19,25)26/h7-10,14H,4-6,11H2,1-3H3,(H2,19,25,26). The van der Waals surface area contributed by atoms with Gasteiger partial charge in [0.15, 0.2) is 0 Å². The van der Waals surface area contributed by atoms with Gasteiger partial charge in [-0.15, -0.1) is 0 Å². The number of hydrogen-bond donors (Lipinski definition) is 1. The number of carbonyl (C=O) groups is 1. The number of hydrogen-bond acceptors (Lipinski definition) is 6. The van der Waals surface area contributed by atoms with Crippen LogP contribution in [-0.2, 0) is 32.5 Å². The van der Waals surface area contributed by atoms with Crippen LogP contribution < -0.4 is 10.8 Å². The number of rotatable bonds is 4. The van der Waals surface area contributed by atoms with E-state index in [4.69, 9.17) is 9.88 Å². The lowest BCUT2D eigenvalue weighted by Gasteiger charge is -2.26. The third-order valence-corrected chi connectivity index (χ3v) is 5.32. The number of nitrogens with zero attached hydrogens (tertiary/aromatic N) is 3. The van der Waals surface area contributed by atoms with Crippen LogP contribution in [0, 0.1) is 0 Å². The lowest BCUT2D eigenvalue weighted by Crippen LogP contribution is -2.38. The highest BCUT2D eigenvalue weighted by molar-refractivity contribution is 7.89. The molecule has 10 heteroatoms. The Morgan fingerprint density at radius 1 is 1.29 bits per heavy atom. The van der Waals surface area contributed by atoms with Crippen LogP contribution in [0.2, 0.25) is 0 Å². The maximum atomic E-state index is 12.9. The van der Waals surface area contributed by atoms with E-state index in [1.807, 2.05) is 0 Å². The molecule has 2 aromatic rings. The van der Waals surface area contributed by atoms with Crippen molar-refractivity contribution in [3.05, 3.63) is 46.1 Å². The SMILES string of the molecule is CC(C)(C)OC(=O)C1CCCc2nn(Cc3ccc(S(N)(=O)=O)cc3)c(=O)n21. The van der Waals surface area contributed by atoms with Crippen LogP contribution >= 0.6 is 0 Å². The van der Waals surface area contributed by atoms with Gasteiger partial charge in [0.2, 0.25) is 10.0 Å². The number of aromatic nitrogens is 3. The Kier molecular flexibility index (Phi) is 5.20. The first-order chi connectivity index (χ1) is 13.0. The van der Waals surface area contributed by atoms with Crippen molar-refractivity contribution in [1.82, 2.24) is 14.3 Å². The summed E-state index contributed by atoms with van der Waals surface area (Å²) in [6.07, 6.45) is 1.87. The number of primary sulfonamides is 1. The third kappa shape index (κ3) is 4.33. The number of ether oxygens (including phenoxy) is 1. The number of sulfonamides is 1. The molecule has 1 aliphatic rings. The first-order valence-electron chi connectivity index (χ1n) is 8.98. The van der Waals surface area contributed by atoms with Gasteiger partial charge in [0.25, 0.3) is 0 Å². The number of nitrogens with two attached hydrogens (primary N) is 1. The lowest BCUT2D eigenvalue weighted by molar-refractivity contribution is -0.159. The zero-order valence-electron chi connectivity index (χ0n) is 16.1. The number of fused-ring (bicyclic) bond motifs is 1. The van der Waals surface area contributed by atoms with Gasteiger partial charge in [-0.05, 0) is 51.3 Å². The average Bonchev–Trinajstić information content (AvgIpc) is 2.89. The first kappa shape index (κ1) is 20.3. The fourth-order valence-electron chi connectivity index (χ4n) is 3.18. The third-order valence-electron chi connectivity index (χ3n) is 4.39. The van der Waals surface area contributed by atoms with Crippen LogP contribution in [0.4, 0.5) is 0 Å². The largest absolute Gasteiger partial charge is 0.458 e. The molecule has 2 heterocycles. The quantitative estimate of drug-likeness (QED) is 0.751. The van der Waals surface area contributed by atoms with Gasteiger partial charge < -0.3 is 4.74 Å². The molecule has 28 heavy (non-hydrogen) atoms. The van der Waals surface area contributed by atoms with E-state index >= 15 is 0 Å². The molecule has 1 aliphatic heterocycles. The van der Waals surface area contributed by atoms with E-state index in [0.29, 0.717) is 24.2 Å². The van der Waals surface area contributed by atoms with E-state index in [0.717, 1.165) is 6.42 Å². The monoisotopic (exact) mass is 408 g/mol. The second-order valence-electron chi connectivity index (χ2n) is 7.86. The molecule has 1 aromatic carbocycles. The summed E-state index contributed by atoms with van der Waals surface area (Å²) in [6, 6.07) is 5.24. The van der Waals surface area contributed by atoms with Crippen LogP contribution in [0.1, 0.15) is 51.0 Å². The number of esters is 1. The highest BCUT2D eigenvalue weighted by Gasteiger charge is 2.33. The summed E-state index contributed by atoms with van der Waals surface area (Å²) in [5.74, 6) is 0.112. The summed E-state index contributed by atoms with van der Waals surface area (Å²) < 4.78 is 30.9. The predicted octanol–water partition coefficient (Wildman–Crippen LogP) is 0.960. The molecule has 2 N–H and O–H groups in total. The second kappa shape index (κ2) is 7.17. The summed E-state index contributed by atoms with van der Waals surface area (Å²) in [5, 5.41) is 9.46. The Bertz CT molecular complexity index is 1050. The van der Waals surface area contributed by atoms with E-state index in [1.54, 1.807) is 32.9 Å². The number of carbonyl (C=O) groups excluding carboxylic acids is 1. The molecule has 0 bridgehead atoms. The molecule has 1 atom stereocenters. The summed E-state index contributed by atoms with van der Waals surface area (Å²) in [7, 11) is -3.77. The van der Waals surface area contributed by atoms with Gasteiger partial charge >= 0.3 is 11.7 Å². The van der Waals surface area contributed by atoms with Gasteiger partial charge in [0.1, 0.15) is 17.5 Å². The zero-order valence-corrected chi connectivity index (χ0v) is 16.9. The minimum absolute atomic E-state index is 0.00211. The van der Waals surface area contributed by atoms with Gasteiger partial charge in [-0.1, -0.05) is 12.1 Å². The fourth-order valence-corrected chi connectivity index (χ4v) is 3.70. The molecule has 0 radical (unpaired) electrons. The van der Waals surface area contributed by atoms with Crippen molar-refractivity contribution in [2.24, 2.45) is 5.14 Å². The van der Waals surface area contributed by atoms with E-state index in [1.165, 1.54) is 21.4 Å². The lowest BCUT2D eigenvalue weighted by atomic mass is 10.0. The summed E-state index contributed by atoms with van der Waals surface area (Å²) in [4.78, 5) is 25.4. The molecule has 3 rings (SSSR count). The van der Waals surface area contributed by atoms with Gasteiger partial charge in [0.05, 0.1) is 11.4 Å². The molecule has 0 spiro atoms.